The van der Waals surface area contributed by atoms with E-state index in [0.717, 1.165) is 22.0 Å². The van der Waals surface area contributed by atoms with Crippen LogP contribution >= 0.6 is 0 Å². The molecule has 13 heteroatoms. The van der Waals surface area contributed by atoms with E-state index in [4.69, 9.17) is 9.47 Å². The number of aliphatic hydroxyl groups excluding tert-OH is 2. The van der Waals surface area contributed by atoms with E-state index >= 15 is 4.79 Å². The minimum Gasteiger partial charge on any atom is -0.467 e. The summed E-state index contributed by atoms with van der Waals surface area (Å²) in [6.07, 6.45) is 5.60. The lowest BCUT2D eigenvalue weighted by Gasteiger charge is -2.63. The first-order valence-electron chi connectivity index (χ1n) is 21.3. The molecule has 10 atom stereocenters. The largest absolute Gasteiger partial charge is 0.467 e. The van der Waals surface area contributed by atoms with Crippen LogP contribution in [0.5, 0.6) is 0 Å². The summed E-state index contributed by atoms with van der Waals surface area (Å²) in [6, 6.07) is 10.6. The third kappa shape index (κ3) is 5.27. The van der Waals surface area contributed by atoms with E-state index in [1.165, 1.54) is 14.0 Å². The maximum absolute atomic E-state index is 15.3. The fourth-order valence-corrected chi connectivity index (χ4v) is 13.7. The number of aromatic nitrogens is 1. The zero-order valence-electron chi connectivity index (χ0n) is 34.8. The highest BCUT2D eigenvalue weighted by Crippen LogP contribution is 2.68. The Morgan fingerprint density at radius 3 is 2.47 bits per heavy atom. The van der Waals surface area contributed by atoms with Gasteiger partial charge in [-0.15, -0.1) is 0 Å². The highest BCUT2D eigenvalue weighted by atomic mass is 16.6. The Kier molecular flexibility index (Phi) is 9.54. The van der Waals surface area contributed by atoms with Gasteiger partial charge in [0.25, 0.3) is 0 Å². The predicted octanol–water partition coefficient (Wildman–Crippen LogP) is 2.86. The number of rotatable bonds is 8. The van der Waals surface area contributed by atoms with E-state index in [1.807, 2.05) is 68.3 Å². The number of carbonyl (C=O) groups excluding carboxylic acids is 3. The summed E-state index contributed by atoms with van der Waals surface area (Å²) < 4.78 is 11.6. The Balaban J connectivity index is 1.36. The van der Waals surface area contributed by atoms with Gasteiger partial charge in [0.1, 0.15) is 6.61 Å². The lowest BCUT2D eigenvalue weighted by atomic mass is 9.47. The van der Waals surface area contributed by atoms with E-state index < -0.39 is 70.5 Å². The van der Waals surface area contributed by atoms with Crippen molar-refractivity contribution in [3.8, 4) is 0 Å². The van der Waals surface area contributed by atoms with Crippen molar-refractivity contribution in [3.63, 3.8) is 0 Å². The van der Waals surface area contributed by atoms with Crippen LogP contribution in [0.2, 0.25) is 0 Å². The molecule has 316 valence electrons. The molecular weight excluding hydrogens is 753 g/mol. The minimum atomic E-state index is -2.34. The van der Waals surface area contributed by atoms with Gasteiger partial charge in [0.2, 0.25) is 5.60 Å². The van der Waals surface area contributed by atoms with Gasteiger partial charge in [-0.2, -0.15) is 0 Å². The Labute approximate surface area is 345 Å². The summed E-state index contributed by atoms with van der Waals surface area (Å²) >= 11 is 0. The number of aromatic amines is 1. The monoisotopic (exact) mass is 810 g/mol. The average Bonchev–Trinajstić information content (AvgIpc) is 3.90. The number of aliphatic hydroxyl groups is 4. The number of carbonyl (C=O) groups is 3. The lowest BCUT2D eigenvalue weighted by Crippen LogP contribution is -2.81. The number of nitrogens with one attached hydrogen (secondary N) is 1. The number of benzene rings is 2. The van der Waals surface area contributed by atoms with Gasteiger partial charge in [-0.25, -0.2) is 4.79 Å². The molecule has 3 aromatic rings. The molecular formula is C46H58N4O9. The number of piperidine rings is 1. The van der Waals surface area contributed by atoms with Crippen LogP contribution in [0.4, 0.5) is 5.69 Å². The number of hydrogen-bond acceptors (Lipinski definition) is 12. The van der Waals surface area contributed by atoms with Gasteiger partial charge in [-0.1, -0.05) is 50.3 Å². The quantitative estimate of drug-likeness (QED) is 0.167. The first-order valence-corrected chi connectivity index (χ1v) is 21.3. The van der Waals surface area contributed by atoms with Crippen LogP contribution < -0.4 is 4.90 Å². The number of likely N-dealkylation sites (N-methyl/N-ethyl adjacent to an activating group) is 1. The fourth-order valence-electron chi connectivity index (χ4n) is 13.7. The Hall–Kier alpha value is -4.11. The number of ether oxygens (including phenoxy) is 2. The molecule has 9 rings (SSSR count). The van der Waals surface area contributed by atoms with Gasteiger partial charge in [0.15, 0.2) is 11.9 Å². The molecule has 6 aliphatic rings. The Bertz CT molecular complexity index is 2260. The number of methoxy groups -OCH3 is 1. The molecule has 2 unspecified atom stereocenters. The summed E-state index contributed by atoms with van der Waals surface area (Å²) in [5.41, 5.74) is -1.71. The first-order chi connectivity index (χ1) is 28.2. The zero-order chi connectivity index (χ0) is 41.9. The number of nitrogens with zero attached hydrogens (tertiary/aromatic N) is 3. The maximum Gasteiger partial charge on any atom is 0.344 e. The van der Waals surface area contributed by atoms with E-state index in [-0.39, 0.29) is 18.4 Å². The average molecular weight is 811 g/mol. The third-order valence-electron chi connectivity index (χ3n) is 15.8. The molecule has 1 saturated carbocycles. The van der Waals surface area contributed by atoms with Crippen LogP contribution in [-0.2, 0) is 47.7 Å². The highest BCUT2D eigenvalue weighted by Gasteiger charge is 2.80. The standard InChI is InChI=1S/C46H58N4O9/c1-6-42(56)21-28-22-45(36(54)25-52,37-31(13-17-49(23-28)26-42)30-11-8-9-12-34(30)47-37)32-20-33-35(19-29(32)24-51)48(4)39-44(33)15-18-50-16-10-14-43(7-2,38(44)50)40(59-27(3)53)46(39,57)41(55)58-5/h8-12,14,19-20,28,38-40,47,51-52,56-57H,6-7,13,15-18,21-26H2,1-5H3/t28-,38+,39-,40-,42+,43-,44?,45-,46+/m1/s1. The smallest absolute Gasteiger partial charge is 0.344 e. The number of ketones is 1. The summed E-state index contributed by atoms with van der Waals surface area (Å²) in [5.74, 6) is -2.10. The second-order valence-corrected chi connectivity index (χ2v) is 18.4. The van der Waals surface area contributed by atoms with Crippen molar-refractivity contribution in [1.82, 2.24) is 14.8 Å². The molecule has 6 heterocycles. The molecule has 2 bridgehead atoms. The molecule has 5 aliphatic heterocycles. The number of H-pyrrole nitrogens is 1. The molecule has 1 aliphatic carbocycles. The number of Topliss-reactive ketones (excluding diaryl/α,β-unsaturated/α-hetero) is 1. The summed E-state index contributed by atoms with van der Waals surface area (Å²) in [4.78, 5) is 52.9. The summed E-state index contributed by atoms with van der Waals surface area (Å²) in [7, 11) is 3.06. The summed E-state index contributed by atoms with van der Waals surface area (Å²) in [5, 5.41) is 48.9. The van der Waals surface area contributed by atoms with Crippen LogP contribution in [0.15, 0.2) is 48.6 Å². The highest BCUT2D eigenvalue weighted by molar-refractivity contribution is 5.98. The van der Waals surface area contributed by atoms with Crippen LogP contribution in [0.25, 0.3) is 10.9 Å². The predicted molar refractivity (Wildman–Crippen MR) is 220 cm³/mol. The van der Waals surface area contributed by atoms with E-state index in [9.17, 15) is 30.0 Å². The van der Waals surface area contributed by atoms with Gasteiger partial charge >= 0.3 is 11.9 Å². The zero-order valence-corrected chi connectivity index (χ0v) is 34.8. The third-order valence-corrected chi connectivity index (χ3v) is 15.8. The van der Waals surface area contributed by atoms with Crippen molar-refractivity contribution in [1.29, 1.82) is 0 Å². The number of anilines is 1. The summed E-state index contributed by atoms with van der Waals surface area (Å²) in [6.45, 7) is 7.17. The van der Waals surface area contributed by atoms with Crippen molar-refractivity contribution in [2.45, 2.75) is 106 Å². The van der Waals surface area contributed by atoms with E-state index in [1.54, 1.807) is 0 Å². The van der Waals surface area contributed by atoms with Gasteiger partial charge < -0.3 is 39.8 Å². The number of para-hydroxylation sites is 1. The van der Waals surface area contributed by atoms with Gasteiger partial charge in [-0.05, 0) is 85.4 Å². The van der Waals surface area contributed by atoms with Crippen molar-refractivity contribution >= 4 is 34.3 Å². The first kappa shape index (κ1) is 40.3. The second-order valence-electron chi connectivity index (χ2n) is 18.4. The molecule has 0 radical (unpaired) electrons. The van der Waals surface area contributed by atoms with Crippen molar-refractivity contribution in [2.24, 2.45) is 11.3 Å². The molecule has 59 heavy (non-hydrogen) atoms. The van der Waals surface area contributed by atoms with Gasteiger partial charge in [0, 0.05) is 79.3 Å². The molecule has 3 fully saturated rings. The van der Waals surface area contributed by atoms with Crippen molar-refractivity contribution in [3.05, 3.63) is 76.5 Å². The lowest BCUT2D eigenvalue weighted by molar-refractivity contribution is -0.228. The molecule has 13 nitrogen and oxygen atoms in total. The van der Waals surface area contributed by atoms with E-state index in [0.29, 0.717) is 87.3 Å². The van der Waals surface area contributed by atoms with Gasteiger partial charge in [0.05, 0.1) is 30.8 Å². The molecule has 2 saturated heterocycles. The second kappa shape index (κ2) is 14.0. The fraction of sp³-hybridized carbons (Fsp3) is 0.587. The SMILES string of the molecule is CC[C@]1(O)C[C@H]2CN(CCc3c([nH]c4ccccc34)[C@@](C(=O)CO)(c3cc4c(cc3CO)N(C)[C@@H]3C45CCN4CC=C[C@](CC)([C@H]45)[C@@H](OC(C)=O)[C@]3(O)C(=O)OC)C2)C1. The minimum absolute atomic E-state index is 0.156. The molecule has 1 aromatic heterocycles. The van der Waals surface area contributed by atoms with Crippen LogP contribution in [-0.4, -0.2) is 136 Å². The Morgan fingerprint density at radius 2 is 1.78 bits per heavy atom. The molecule has 1 spiro atoms. The number of hydrogen-bond donors (Lipinski definition) is 5. The van der Waals surface area contributed by atoms with Gasteiger partial charge in [-0.3, -0.25) is 19.4 Å². The molecule has 2 aromatic carbocycles. The Morgan fingerprint density at radius 1 is 1.00 bits per heavy atom. The number of esters is 2. The van der Waals surface area contributed by atoms with Crippen LogP contribution in [0, 0.1) is 11.3 Å². The van der Waals surface area contributed by atoms with Crippen molar-refractivity contribution in [2.75, 3.05) is 58.4 Å². The normalized spacial score (nSPS) is 37.1. The van der Waals surface area contributed by atoms with Crippen LogP contribution in [0.1, 0.15) is 80.8 Å². The topological polar surface area (TPSA) is 176 Å². The molecule has 5 N–H and O–H groups in total. The maximum atomic E-state index is 15.3. The van der Waals surface area contributed by atoms with E-state index in [2.05, 4.69) is 20.9 Å². The molecule has 0 amide bonds. The van der Waals surface area contributed by atoms with Crippen LogP contribution in [0.3, 0.4) is 0 Å². The van der Waals surface area contributed by atoms with Crippen molar-refractivity contribution < 1.29 is 44.3 Å². The number of fused-ring (bicyclic) bond motifs is 6.